The van der Waals surface area contributed by atoms with Crippen LogP contribution in [-0.2, 0) is 16.6 Å². The van der Waals surface area contributed by atoms with Crippen LogP contribution in [0.5, 0.6) is 0 Å². The van der Waals surface area contributed by atoms with Crippen LogP contribution in [0.4, 0.5) is 0 Å². The molecule has 2 N–H and O–H groups in total. The maximum Gasteiger partial charge on any atom is 0.338 e. The van der Waals surface area contributed by atoms with Crippen molar-refractivity contribution in [3.8, 4) is 0 Å². The number of hydrogen-bond donors (Lipinski definition) is 2. The number of rotatable bonds is 3. The van der Waals surface area contributed by atoms with E-state index in [2.05, 4.69) is 15.7 Å². The fourth-order valence-corrected chi connectivity index (χ4v) is 2.28. The summed E-state index contributed by atoms with van der Waals surface area (Å²) >= 11 is 5.14. The third-order valence-corrected chi connectivity index (χ3v) is 3.04. The summed E-state index contributed by atoms with van der Waals surface area (Å²) in [5.74, 6) is -0.351. The number of allylic oxidation sites excluding steroid dienone is 1. The maximum atomic E-state index is 12.1. The van der Waals surface area contributed by atoms with Crippen LogP contribution in [0.2, 0.25) is 0 Å². The molecular formula is C12H16N4O2S. The van der Waals surface area contributed by atoms with Gasteiger partial charge in [-0.15, -0.1) is 0 Å². The van der Waals surface area contributed by atoms with Crippen molar-refractivity contribution in [2.24, 2.45) is 7.05 Å². The highest BCUT2D eigenvalue weighted by Crippen LogP contribution is 2.27. The second-order valence-corrected chi connectivity index (χ2v) is 4.65. The molecular weight excluding hydrogens is 264 g/mol. The molecule has 0 saturated heterocycles. The lowest BCUT2D eigenvalue weighted by molar-refractivity contribution is -0.139. The Labute approximate surface area is 116 Å². The SMILES string of the molecule is CCOC(=O)C1=C(C)NC(=S)NC1c1cnn(C)c1. The minimum absolute atomic E-state index is 0.332. The predicted molar refractivity (Wildman–Crippen MR) is 74.2 cm³/mol. The first-order valence-corrected chi connectivity index (χ1v) is 6.37. The number of hydrogen-bond acceptors (Lipinski definition) is 4. The summed E-state index contributed by atoms with van der Waals surface area (Å²) in [6, 6.07) is -0.332. The maximum absolute atomic E-state index is 12.1. The van der Waals surface area contributed by atoms with Crippen LogP contribution in [0.15, 0.2) is 23.7 Å². The van der Waals surface area contributed by atoms with E-state index >= 15 is 0 Å². The van der Waals surface area contributed by atoms with Gasteiger partial charge in [0.25, 0.3) is 0 Å². The molecule has 0 amide bonds. The summed E-state index contributed by atoms with van der Waals surface area (Å²) in [5.41, 5.74) is 2.10. The van der Waals surface area contributed by atoms with Gasteiger partial charge in [-0.3, -0.25) is 4.68 Å². The van der Waals surface area contributed by atoms with Crippen molar-refractivity contribution < 1.29 is 9.53 Å². The monoisotopic (exact) mass is 280 g/mol. The van der Waals surface area contributed by atoms with Crippen LogP contribution in [-0.4, -0.2) is 27.5 Å². The number of thiocarbonyl (C=S) groups is 1. The topological polar surface area (TPSA) is 68.2 Å². The molecule has 1 unspecified atom stereocenters. The van der Waals surface area contributed by atoms with Gasteiger partial charge in [-0.2, -0.15) is 5.10 Å². The molecule has 2 heterocycles. The molecule has 0 bridgehead atoms. The number of carbonyl (C=O) groups is 1. The van der Waals surface area contributed by atoms with Crippen LogP contribution in [0, 0.1) is 0 Å². The van der Waals surface area contributed by atoms with Gasteiger partial charge in [0.1, 0.15) is 0 Å². The van der Waals surface area contributed by atoms with Crippen LogP contribution in [0.25, 0.3) is 0 Å². The minimum Gasteiger partial charge on any atom is -0.463 e. The minimum atomic E-state index is -0.351. The molecule has 102 valence electrons. The Morgan fingerprint density at radius 2 is 2.37 bits per heavy atom. The van der Waals surface area contributed by atoms with E-state index in [1.54, 1.807) is 17.8 Å². The molecule has 1 aromatic heterocycles. The van der Waals surface area contributed by atoms with Crippen molar-refractivity contribution in [1.82, 2.24) is 20.4 Å². The molecule has 0 fully saturated rings. The standard InChI is InChI=1S/C12H16N4O2S/c1-4-18-11(17)9-7(2)14-12(19)15-10(9)8-5-13-16(3)6-8/h5-6,10H,4H2,1-3H3,(H2,14,15,19). The fraction of sp³-hybridized carbons (Fsp3) is 0.417. The van der Waals surface area contributed by atoms with Crippen LogP contribution in [0.1, 0.15) is 25.5 Å². The Hall–Kier alpha value is -1.89. The second-order valence-electron chi connectivity index (χ2n) is 4.24. The molecule has 19 heavy (non-hydrogen) atoms. The normalized spacial score (nSPS) is 18.9. The molecule has 1 aliphatic rings. The Balaban J connectivity index is 2.40. The van der Waals surface area contributed by atoms with Gasteiger partial charge in [-0.25, -0.2) is 4.79 Å². The average Bonchev–Trinajstić information content (AvgIpc) is 2.75. The number of aryl methyl sites for hydroxylation is 1. The summed E-state index contributed by atoms with van der Waals surface area (Å²) in [6.45, 7) is 3.92. The van der Waals surface area contributed by atoms with Crippen LogP contribution < -0.4 is 10.6 Å². The fourth-order valence-electron chi connectivity index (χ4n) is 2.01. The summed E-state index contributed by atoms with van der Waals surface area (Å²) in [4.78, 5) is 12.1. The highest BCUT2D eigenvalue weighted by molar-refractivity contribution is 7.80. The smallest absolute Gasteiger partial charge is 0.338 e. The van der Waals surface area contributed by atoms with Gasteiger partial charge in [-0.05, 0) is 26.1 Å². The van der Waals surface area contributed by atoms with E-state index in [-0.39, 0.29) is 12.0 Å². The van der Waals surface area contributed by atoms with E-state index in [1.165, 1.54) is 0 Å². The summed E-state index contributed by atoms with van der Waals surface area (Å²) < 4.78 is 6.78. The van der Waals surface area contributed by atoms with Gasteiger partial charge in [0.15, 0.2) is 5.11 Å². The Kier molecular flexibility index (Phi) is 3.84. The molecule has 1 aromatic rings. The molecule has 6 nitrogen and oxygen atoms in total. The third kappa shape index (κ3) is 2.76. The van der Waals surface area contributed by atoms with Gasteiger partial charge in [-0.1, -0.05) is 0 Å². The third-order valence-electron chi connectivity index (χ3n) is 2.82. The first kappa shape index (κ1) is 13.5. The summed E-state index contributed by atoms with van der Waals surface area (Å²) in [7, 11) is 1.82. The van der Waals surface area contributed by atoms with Gasteiger partial charge in [0, 0.05) is 24.5 Å². The number of ether oxygens (including phenoxy) is 1. The van der Waals surface area contributed by atoms with Crippen molar-refractivity contribution in [3.05, 3.63) is 29.2 Å². The van der Waals surface area contributed by atoms with Crippen molar-refractivity contribution in [2.45, 2.75) is 19.9 Å². The van der Waals surface area contributed by atoms with Gasteiger partial charge in [0.2, 0.25) is 0 Å². The molecule has 0 saturated carbocycles. The molecule has 0 radical (unpaired) electrons. The molecule has 0 spiro atoms. The largest absolute Gasteiger partial charge is 0.463 e. The predicted octanol–water partition coefficient (Wildman–Crippen LogP) is 0.776. The van der Waals surface area contributed by atoms with E-state index in [1.807, 2.05) is 20.2 Å². The van der Waals surface area contributed by atoms with Crippen LogP contribution >= 0.6 is 12.2 Å². The lowest BCUT2D eigenvalue weighted by Crippen LogP contribution is -2.45. The van der Waals surface area contributed by atoms with Crippen LogP contribution in [0.3, 0.4) is 0 Å². The van der Waals surface area contributed by atoms with E-state index in [0.29, 0.717) is 23.0 Å². The van der Waals surface area contributed by atoms with Crippen molar-refractivity contribution in [2.75, 3.05) is 6.61 Å². The Morgan fingerprint density at radius 3 is 2.95 bits per heavy atom. The second kappa shape index (κ2) is 5.40. The highest BCUT2D eigenvalue weighted by Gasteiger charge is 2.31. The van der Waals surface area contributed by atoms with Crippen molar-refractivity contribution in [1.29, 1.82) is 0 Å². The first-order chi connectivity index (χ1) is 9.02. The quantitative estimate of drug-likeness (QED) is 0.630. The highest BCUT2D eigenvalue weighted by atomic mass is 32.1. The number of nitrogens with zero attached hydrogens (tertiary/aromatic N) is 2. The lowest BCUT2D eigenvalue weighted by Gasteiger charge is -2.28. The van der Waals surface area contributed by atoms with Crippen molar-refractivity contribution in [3.63, 3.8) is 0 Å². The molecule has 1 aliphatic heterocycles. The summed E-state index contributed by atoms with van der Waals surface area (Å²) in [6.07, 6.45) is 3.55. The molecule has 2 rings (SSSR count). The summed E-state index contributed by atoms with van der Waals surface area (Å²) in [5, 5.41) is 10.6. The molecule has 1 atom stereocenters. The molecule has 0 aromatic carbocycles. The average molecular weight is 280 g/mol. The first-order valence-electron chi connectivity index (χ1n) is 5.97. The zero-order valence-corrected chi connectivity index (χ0v) is 11.9. The van der Waals surface area contributed by atoms with Gasteiger partial charge < -0.3 is 15.4 Å². The molecule has 0 aliphatic carbocycles. The number of carbonyl (C=O) groups excluding carboxylic acids is 1. The Bertz CT molecular complexity index is 550. The number of nitrogens with one attached hydrogen (secondary N) is 2. The number of aromatic nitrogens is 2. The van der Waals surface area contributed by atoms with Crippen molar-refractivity contribution >= 4 is 23.3 Å². The zero-order valence-electron chi connectivity index (χ0n) is 11.1. The molecule has 7 heteroatoms. The van der Waals surface area contributed by atoms with E-state index in [4.69, 9.17) is 17.0 Å². The Morgan fingerprint density at radius 1 is 1.63 bits per heavy atom. The van der Waals surface area contributed by atoms with E-state index < -0.39 is 0 Å². The van der Waals surface area contributed by atoms with Gasteiger partial charge >= 0.3 is 5.97 Å². The van der Waals surface area contributed by atoms with E-state index in [9.17, 15) is 4.79 Å². The lowest BCUT2D eigenvalue weighted by atomic mass is 9.98. The van der Waals surface area contributed by atoms with E-state index in [0.717, 1.165) is 5.56 Å². The van der Waals surface area contributed by atoms with Gasteiger partial charge in [0.05, 0.1) is 24.4 Å². The zero-order chi connectivity index (χ0) is 14.0. The number of esters is 1.